The summed E-state index contributed by atoms with van der Waals surface area (Å²) in [6.45, 7) is 2.39. The molecule has 0 bridgehead atoms. The molecule has 0 spiro atoms. The van der Waals surface area contributed by atoms with Gasteiger partial charge in [0.2, 0.25) is 0 Å². The first-order valence-corrected chi connectivity index (χ1v) is 6.78. The van der Waals surface area contributed by atoms with Gasteiger partial charge in [0, 0.05) is 5.56 Å². The van der Waals surface area contributed by atoms with E-state index in [4.69, 9.17) is 5.73 Å². The fourth-order valence-corrected chi connectivity index (χ4v) is 2.49. The van der Waals surface area contributed by atoms with Crippen molar-refractivity contribution in [2.24, 2.45) is 0 Å². The Labute approximate surface area is 122 Å². The topological polar surface area (TPSA) is 43.8 Å². The minimum atomic E-state index is -0.252. The fraction of sp³-hybridized carbons (Fsp3) is 0.118. The molecule has 0 unspecified atom stereocenters. The van der Waals surface area contributed by atoms with E-state index in [0.717, 1.165) is 22.4 Å². The van der Waals surface area contributed by atoms with Gasteiger partial charge in [-0.05, 0) is 30.2 Å². The summed E-state index contributed by atoms with van der Waals surface area (Å²) in [4.78, 5) is 0. The minimum Gasteiger partial charge on any atom is -0.383 e. The summed E-state index contributed by atoms with van der Waals surface area (Å²) >= 11 is 0. The van der Waals surface area contributed by atoms with Crippen LogP contribution in [0.3, 0.4) is 0 Å². The smallest absolute Gasteiger partial charge is 0.130 e. The highest BCUT2D eigenvalue weighted by Crippen LogP contribution is 2.29. The quantitative estimate of drug-likeness (QED) is 0.796. The van der Waals surface area contributed by atoms with Crippen LogP contribution in [0.25, 0.3) is 11.1 Å². The van der Waals surface area contributed by atoms with Crippen LogP contribution in [0.5, 0.6) is 0 Å². The summed E-state index contributed by atoms with van der Waals surface area (Å²) in [5.41, 5.74) is 9.91. The third-order valence-corrected chi connectivity index (χ3v) is 3.45. The lowest BCUT2D eigenvalue weighted by molar-refractivity contribution is 0.619. The lowest BCUT2D eigenvalue weighted by Crippen LogP contribution is -2.06. The highest BCUT2D eigenvalue weighted by Gasteiger charge is 2.14. The van der Waals surface area contributed by atoms with Crippen molar-refractivity contribution in [3.05, 3.63) is 71.7 Å². The van der Waals surface area contributed by atoms with Gasteiger partial charge in [0.1, 0.15) is 11.6 Å². The van der Waals surface area contributed by atoms with Gasteiger partial charge in [-0.15, -0.1) is 0 Å². The molecule has 3 rings (SSSR count). The van der Waals surface area contributed by atoms with Crippen molar-refractivity contribution in [1.82, 2.24) is 9.78 Å². The Morgan fingerprint density at radius 1 is 1.10 bits per heavy atom. The number of benzene rings is 2. The molecule has 3 aromatic rings. The highest BCUT2D eigenvalue weighted by molar-refractivity contribution is 5.76. The molecule has 0 fully saturated rings. The molecule has 0 aliphatic carbocycles. The first-order valence-electron chi connectivity index (χ1n) is 6.78. The van der Waals surface area contributed by atoms with Gasteiger partial charge < -0.3 is 5.73 Å². The number of nitrogens with zero attached hydrogens (tertiary/aromatic N) is 2. The summed E-state index contributed by atoms with van der Waals surface area (Å²) in [6.07, 6.45) is 0. The fourth-order valence-electron chi connectivity index (χ4n) is 2.49. The first-order chi connectivity index (χ1) is 10.1. The molecule has 2 N–H and O–H groups in total. The Kier molecular flexibility index (Phi) is 3.44. The number of hydrogen-bond acceptors (Lipinski definition) is 2. The van der Waals surface area contributed by atoms with E-state index in [0.29, 0.717) is 12.4 Å². The van der Waals surface area contributed by atoms with Crippen LogP contribution in [0, 0.1) is 12.7 Å². The number of halogens is 1. The van der Waals surface area contributed by atoms with Crippen molar-refractivity contribution >= 4 is 5.82 Å². The second kappa shape index (κ2) is 5.40. The van der Waals surface area contributed by atoms with Gasteiger partial charge in [-0.1, -0.05) is 42.5 Å². The van der Waals surface area contributed by atoms with Crippen LogP contribution < -0.4 is 5.73 Å². The van der Waals surface area contributed by atoms with E-state index in [1.54, 1.807) is 10.7 Å². The number of aryl methyl sites for hydroxylation is 1. The van der Waals surface area contributed by atoms with E-state index in [1.807, 2.05) is 43.3 Å². The molecule has 4 heteroatoms. The summed E-state index contributed by atoms with van der Waals surface area (Å²) in [5, 5.41) is 4.48. The van der Waals surface area contributed by atoms with Crippen molar-refractivity contribution in [1.29, 1.82) is 0 Å². The second-order valence-corrected chi connectivity index (χ2v) is 5.00. The van der Waals surface area contributed by atoms with Gasteiger partial charge in [-0.25, -0.2) is 9.07 Å². The number of rotatable bonds is 3. The number of nitrogen functional groups attached to an aromatic ring is 1. The van der Waals surface area contributed by atoms with Gasteiger partial charge in [-0.2, -0.15) is 5.10 Å². The Bertz CT molecular complexity index is 763. The van der Waals surface area contributed by atoms with E-state index >= 15 is 0 Å². The molecule has 21 heavy (non-hydrogen) atoms. The second-order valence-electron chi connectivity index (χ2n) is 5.00. The van der Waals surface area contributed by atoms with Crippen LogP contribution in [0.2, 0.25) is 0 Å². The molecule has 3 nitrogen and oxygen atoms in total. The maximum Gasteiger partial charge on any atom is 0.130 e. The predicted octanol–water partition coefficient (Wildman–Crippen LogP) is 3.63. The van der Waals surface area contributed by atoms with Crippen molar-refractivity contribution < 1.29 is 4.39 Å². The number of hydrogen-bond donors (Lipinski definition) is 1. The maximum absolute atomic E-state index is 13.3. The van der Waals surface area contributed by atoms with E-state index in [9.17, 15) is 4.39 Å². The van der Waals surface area contributed by atoms with Crippen molar-refractivity contribution in [2.45, 2.75) is 13.5 Å². The lowest BCUT2D eigenvalue weighted by Gasteiger charge is -2.06. The van der Waals surface area contributed by atoms with Crippen molar-refractivity contribution in [3.63, 3.8) is 0 Å². The maximum atomic E-state index is 13.3. The molecular formula is C17H16FN3. The van der Waals surface area contributed by atoms with Crippen LogP contribution in [0.4, 0.5) is 10.2 Å². The Morgan fingerprint density at radius 2 is 1.86 bits per heavy atom. The minimum absolute atomic E-state index is 0.252. The van der Waals surface area contributed by atoms with E-state index in [2.05, 4.69) is 5.10 Å². The monoisotopic (exact) mass is 281 g/mol. The number of aromatic nitrogens is 2. The molecule has 0 atom stereocenters. The van der Waals surface area contributed by atoms with Crippen LogP contribution >= 0.6 is 0 Å². The number of nitrogens with two attached hydrogens (primary N) is 1. The van der Waals surface area contributed by atoms with Crippen molar-refractivity contribution in [3.8, 4) is 11.1 Å². The third kappa shape index (κ3) is 2.65. The standard InChI is InChI=1S/C17H16FN3/c1-12-16(14-7-3-2-4-8-14)17(19)21(20-12)11-13-6-5-9-15(18)10-13/h2-10H,11,19H2,1H3. The Balaban J connectivity index is 1.99. The molecule has 1 aromatic heterocycles. The van der Waals surface area contributed by atoms with Gasteiger partial charge in [0.15, 0.2) is 0 Å². The lowest BCUT2D eigenvalue weighted by atomic mass is 10.1. The highest BCUT2D eigenvalue weighted by atomic mass is 19.1. The summed E-state index contributed by atoms with van der Waals surface area (Å²) < 4.78 is 15.0. The van der Waals surface area contributed by atoms with Gasteiger partial charge in [0.25, 0.3) is 0 Å². The predicted molar refractivity (Wildman–Crippen MR) is 82.3 cm³/mol. The zero-order valence-electron chi connectivity index (χ0n) is 11.8. The van der Waals surface area contributed by atoms with Crippen molar-refractivity contribution in [2.75, 3.05) is 5.73 Å². The van der Waals surface area contributed by atoms with Crippen LogP contribution in [0.15, 0.2) is 54.6 Å². The van der Waals surface area contributed by atoms with Gasteiger partial charge in [0.05, 0.1) is 12.2 Å². The van der Waals surface area contributed by atoms with E-state index < -0.39 is 0 Å². The summed E-state index contributed by atoms with van der Waals surface area (Å²) in [6, 6.07) is 16.4. The van der Waals surface area contributed by atoms with E-state index in [1.165, 1.54) is 12.1 Å². The van der Waals surface area contributed by atoms with Crippen LogP contribution in [-0.4, -0.2) is 9.78 Å². The number of anilines is 1. The van der Waals surface area contributed by atoms with E-state index in [-0.39, 0.29) is 5.82 Å². The normalized spacial score (nSPS) is 10.8. The summed E-state index contributed by atoms with van der Waals surface area (Å²) in [5.74, 6) is 0.348. The molecule has 0 aliphatic rings. The van der Waals surface area contributed by atoms with Crippen LogP contribution in [0.1, 0.15) is 11.3 Å². The van der Waals surface area contributed by atoms with Gasteiger partial charge in [-0.3, -0.25) is 0 Å². The molecule has 0 saturated heterocycles. The van der Waals surface area contributed by atoms with Crippen LogP contribution in [-0.2, 0) is 6.54 Å². The molecule has 106 valence electrons. The van der Waals surface area contributed by atoms with Gasteiger partial charge >= 0.3 is 0 Å². The summed E-state index contributed by atoms with van der Waals surface area (Å²) in [7, 11) is 0. The molecule has 2 aromatic carbocycles. The molecule has 0 radical (unpaired) electrons. The average molecular weight is 281 g/mol. The zero-order chi connectivity index (χ0) is 14.8. The zero-order valence-corrected chi connectivity index (χ0v) is 11.8. The molecule has 1 heterocycles. The molecule has 0 aliphatic heterocycles. The Hall–Kier alpha value is -2.62. The molecular weight excluding hydrogens is 265 g/mol. The Morgan fingerprint density at radius 3 is 2.57 bits per heavy atom. The molecule has 0 saturated carbocycles. The molecule has 0 amide bonds. The largest absolute Gasteiger partial charge is 0.383 e. The first kappa shape index (κ1) is 13.4. The SMILES string of the molecule is Cc1nn(Cc2cccc(F)c2)c(N)c1-c1ccccc1. The average Bonchev–Trinajstić information content (AvgIpc) is 2.74. The third-order valence-electron chi connectivity index (χ3n) is 3.45.